The molecule has 2 aromatic rings. The molecule has 0 fully saturated rings. The summed E-state index contributed by atoms with van der Waals surface area (Å²) >= 11 is 0. The minimum absolute atomic E-state index is 0.0300. The predicted molar refractivity (Wildman–Crippen MR) is 88.5 cm³/mol. The van der Waals surface area contributed by atoms with Crippen LogP contribution in [0.2, 0.25) is 0 Å². The van der Waals surface area contributed by atoms with Crippen LogP contribution in [-0.2, 0) is 11.2 Å². The van der Waals surface area contributed by atoms with Crippen molar-refractivity contribution >= 4 is 12.0 Å². The molecule has 23 heavy (non-hydrogen) atoms. The number of ether oxygens (including phenoxy) is 1. The summed E-state index contributed by atoms with van der Waals surface area (Å²) in [5, 5.41) is 21.6. The summed E-state index contributed by atoms with van der Waals surface area (Å²) < 4.78 is 4.96. The molecular weight excluding hydrogens is 294 g/mol. The van der Waals surface area contributed by atoms with Crippen LogP contribution in [0.25, 0.3) is 6.08 Å². The largest absolute Gasteiger partial charge is 0.508 e. The van der Waals surface area contributed by atoms with E-state index in [9.17, 15) is 15.0 Å². The Kier molecular flexibility index (Phi) is 5.63. The number of aromatic hydroxyl groups is 2. The molecular formula is C18H19NO4. The van der Waals surface area contributed by atoms with Gasteiger partial charge in [-0.15, -0.1) is 0 Å². The van der Waals surface area contributed by atoms with Gasteiger partial charge in [-0.1, -0.05) is 18.2 Å². The highest BCUT2D eigenvalue weighted by Gasteiger charge is 2.01. The van der Waals surface area contributed by atoms with Crippen LogP contribution >= 0.6 is 0 Å². The van der Waals surface area contributed by atoms with Gasteiger partial charge < -0.3 is 20.3 Å². The quantitative estimate of drug-likeness (QED) is 0.716. The SMILES string of the molecule is COc1ccc(/C=C/C(=O)NCCc2ccc(O)cc2)cc1O. The summed E-state index contributed by atoms with van der Waals surface area (Å²) in [5.74, 6) is 0.436. The first-order valence-corrected chi connectivity index (χ1v) is 7.19. The first kappa shape index (κ1) is 16.4. The van der Waals surface area contributed by atoms with Crippen molar-refractivity contribution in [1.82, 2.24) is 5.32 Å². The highest BCUT2D eigenvalue weighted by molar-refractivity contribution is 5.91. The molecule has 0 spiro atoms. The minimum Gasteiger partial charge on any atom is -0.508 e. The Morgan fingerprint density at radius 2 is 1.91 bits per heavy atom. The van der Waals surface area contributed by atoms with Crippen LogP contribution in [0, 0.1) is 0 Å². The second-order valence-electron chi connectivity index (χ2n) is 4.97. The molecule has 2 rings (SSSR count). The third-order valence-corrected chi connectivity index (χ3v) is 3.28. The number of carbonyl (C=O) groups excluding carboxylic acids is 1. The zero-order valence-corrected chi connectivity index (χ0v) is 12.8. The minimum atomic E-state index is -0.209. The fourth-order valence-electron chi connectivity index (χ4n) is 2.03. The maximum atomic E-state index is 11.7. The van der Waals surface area contributed by atoms with Crippen LogP contribution in [0.5, 0.6) is 17.2 Å². The van der Waals surface area contributed by atoms with Crippen molar-refractivity contribution in [1.29, 1.82) is 0 Å². The summed E-state index contributed by atoms with van der Waals surface area (Å²) in [4.78, 5) is 11.7. The molecule has 0 aromatic heterocycles. The van der Waals surface area contributed by atoms with E-state index in [1.165, 1.54) is 19.3 Å². The highest BCUT2D eigenvalue weighted by atomic mass is 16.5. The number of benzene rings is 2. The second-order valence-corrected chi connectivity index (χ2v) is 4.97. The molecule has 3 N–H and O–H groups in total. The van der Waals surface area contributed by atoms with E-state index in [0.29, 0.717) is 24.3 Å². The molecule has 5 heteroatoms. The van der Waals surface area contributed by atoms with Crippen molar-refractivity contribution in [2.75, 3.05) is 13.7 Å². The molecule has 0 saturated heterocycles. The van der Waals surface area contributed by atoms with Gasteiger partial charge in [0.05, 0.1) is 7.11 Å². The van der Waals surface area contributed by atoms with Gasteiger partial charge in [0, 0.05) is 12.6 Å². The monoisotopic (exact) mass is 313 g/mol. The molecule has 0 aliphatic heterocycles. The first-order chi connectivity index (χ1) is 11.1. The number of hydrogen-bond donors (Lipinski definition) is 3. The van der Waals surface area contributed by atoms with Gasteiger partial charge in [-0.25, -0.2) is 0 Å². The summed E-state index contributed by atoms with van der Waals surface area (Å²) in [7, 11) is 1.48. The zero-order valence-electron chi connectivity index (χ0n) is 12.8. The predicted octanol–water partition coefficient (Wildman–Crippen LogP) is 2.48. The average molecular weight is 313 g/mol. The van der Waals surface area contributed by atoms with Crippen LogP contribution in [0.3, 0.4) is 0 Å². The molecule has 0 heterocycles. The Bertz CT molecular complexity index is 693. The topological polar surface area (TPSA) is 78.8 Å². The number of carbonyl (C=O) groups is 1. The van der Waals surface area contributed by atoms with Crippen molar-refractivity contribution in [2.45, 2.75) is 6.42 Å². The molecule has 0 radical (unpaired) electrons. The molecule has 0 aliphatic carbocycles. The van der Waals surface area contributed by atoms with Crippen molar-refractivity contribution in [3.63, 3.8) is 0 Å². The van der Waals surface area contributed by atoms with E-state index < -0.39 is 0 Å². The van der Waals surface area contributed by atoms with Crippen molar-refractivity contribution in [3.8, 4) is 17.2 Å². The number of amides is 1. The van der Waals surface area contributed by atoms with E-state index >= 15 is 0 Å². The van der Waals surface area contributed by atoms with Crippen LogP contribution in [0.4, 0.5) is 0 Å². The number of methoxy groups -OCH3 is 1. The third-order valence-electron chi connectivity index (χ3n) is 3.28. The lowest BCUT2D eigenvalue weighted by Crippen LogP contribution is -2.23. The Balaban J connectivity index is 1.82. The van der Waals surface area contributed by atoms with Crippen molar-refractivity contribution < 1.29 is 19.7 Å². The zero-order chi connectivity index (χ0) is 16.7. The van der Waals surface area contributed by atoms with Crippen LogP contribution in [0.1, 0.15) is 11.1 Å². The maximum absolute atomic E-state index is 11.7. The van der Waals surface area contributed by atoms with Gasteiger partial charge in [0.2, 0.25) is 5.91 Å². The molecule has 0 saturated carbocycles. The fraction of sp³-hybridized carbons (Fsp3) is 0.167. The Hall–Kier alpha value is -2.95. The van der Waals surface area contributed by atoms with E-state index in [1.807, 2.05) is 12.1 Å². The van der Waals surface area contributed by atoms with Gasteiger partial charge in [0.1, 0.15) is 5.75 Å². The molecule has 120 valence electrons. The van der Waals surface area contributed by atoms with Gasteiger partial charge in [-0.2, -0.15) is 0 Å². The molecule has 1 amide bonds. The van der Waals surface area contributed by atoms with Crippen LogP contribution in [0.15, 0.2) is 48.5 Å². The number of hydrogen-bond acceptors (Lipinski definition) is 4. The van der Waals surface area contributed by atoms with Crippen LogP contribution in [-0.4, -0.2) is 29.8 Å². The summed E-state index contributed by atoms with van der Waals surface area (Å²) in [5.41, 5.74) is 1.74. The summed E-state index contributed by atoms with van der Waals surface area (Å²) in [6.07, 6.45) is 3.72. The molecule has 0 bridgehead atoms. The fourth-order valence-corrected chi connectivity index (χ4v) is 2.03. The van der Waals surface area contributed by atoms with Gasteiger partial charge in [-0.05, 0) is 47.9 Å². The summed E-state index contributed by atoms with van der Waals surface area (Å²) in [6, 6.07) is 11.8. The van der Waals surface area contributed by atoms with E-state index in [2.05, 4.69) is 5.32 Å². The standard InChI is InChI=1S/C18H19NO4/c1-23-17-8-4-14(12-16(17)21)5-9-18(22)19-11-10-13-2-6-15(20)7-3-13/h2-9,12,20-21H,10-11H2,1H3,(H,19,22)/b9-5+. The lowest BCUT2D eigenvalue weighted by atomic mass is 10.1. The Labute approximate surface area is 134 Å². The van der Waals surface area contributed by atoms with Crippen molar-refractivity contribution in [3.05, 3.63) is 59.7 Å². The first-order valence-electron chi connectivity index (χ1n) is 7.19. The molecule has 0 atom stereocenters. The molecule has 0 aliphatic rings. The number of phenolic OH excluding ortho intramolecular Hbond substituents is 2. The van der Waals surface area contributed by atoms with Crippen molar-refractivity contribution in [2.24, 2.45) is 0 Å². The molecule has 5 nitrogen and oxygen atoms in total. The summed E-state index contributed by atoms with van der Waals surface area (Å²) in [6.45, 7) is 0.502. The third kappa shape index (κ3) is 5.07. The number of nitrogens with one attached hydrogen (secondary N) is 1. The highest BCUT2D eigenvalue weighted by Crippen LogP contribution is 2.26. The lowest BCUT2D eigenvalue weighted by molar-refractivity contribution is -0.116. The van der Waals surface area contributed by atoms with E-state index in [-0.39, 0.29) is 17.4 Å². The number of phenols is 2. The van der Waals surface area contributed by atoms with E-state index in [4.69, 9.17) is 4.74 Å². The normalized spacial score (nSPS) is 10.7. The number of rotatable bonds is 6. The smallest absolute Gasteiger partial charge is 0.244 e. The van der Waals surface area contributed by atoms with E-state index in [0.717, 1.165) is 5.56 Å². The van der Waals surface area contributed by atoms with Gasteiger partial charge in [0.15, 0.2) is 11.5 Å². The van der Waals surface area contributed by atoms with Gasteiger partial charge in [0.25, 0.3) is 0 Å². The Morgan fingerprint density at radius 1 is 1.17 bits per heavy atom. The Morgan fingerprint density at radius 3 is 2.57 bits per heavy atom. The van der Waals surface area contributed by atoms with Gasteiger partial charge in [-0.3, -0.25) is 4.79 Å². The molecule has 0 unspecified atom stereocenters. The average Bonchev–Trinajstić information content (AvgIpc) is 2.55. The second kappa shape index (κ2) is 7.89. The van der Waals surface area contributed by atoms with Crippen LogP contribution < -0.4 is 10.1 Å². The van der Waals surface area contributed by atoms with Gasteiger partial charge >= 0.3 is 0 Å². The maximum Gasteiger partial charge on any atom is 0.244 e. The molecule has 2 aromatic carbocycles. The lowest BCUT2D eigenvalue weighted by Gasteiger charge is -2.04. The van der Waals surface area contributed by atoms with E-state index in [1.54, 1.807) is 30.3 Å².